The molecule has 1 amide bonds. The molecule has 2 aromatic rings. The van der Waals surface area contributed by atoms with E-state index in [0.717, 1.165) is 14.6 Å². The number of thioether (sulfide) groups is 1. The number of carbonyl (C=O) groups excluding carboxylic acids is 2. The lowest BCUT2D eigenvalue weighted by atomic mass is 10.1. The number of hydrogen-bond acceptors (Lipinski definition) is 7. The molecule has 0 saturated carbocycles. The number of para-hydroxylation sites is 1. The summed E-state index contributed by atoms with van der Waals surface area (Å²) in [6.45, 7) is 10.7. The van der Waals surface area contributed by atoms with Gasteiger partial charge in [-0.05, 0) is 60.1 Å². The minimum absolute atomic E-state index is 0.411. The van der Waals surface area contributed by atoms with E-state index in [1.165, 1.54) is 0 Å². The van der Waals surface area contributed by atoms with E-state index >= 15 is 0 Å². The maximum Gasteiger partial charge on any atom is 0.408 e. The zero-order valence-electron chi connectivity index (χ0n) is 17.2. The number of aromatic nitrogens is 1. The van der Waals surface area contributed by atoms with Gasteiger partial charge in [0.15, 0.2) is 4.34 Å². The van der Waals surface area contributed by atoms with Gasteiger partial charge in [-0.3, -0.25) is 0 Å². The first kappa shape index (κ1) is 22.5. The van der Waals surface area contributed by atoms with E-state index in [2.05, 4.69) is 10.3 Å². The van der Waals surface area contributed by atoms with E-state index in [0.29, 0.717) is 12.2 Å². The average molecular weight is 425 g/mol. The summed E-state index contributed by atoms with van der Waals surface area (Å²) < 4.78 is 12.8. The largest absolute Gasteiger partial charge is 0.458 e. The van der Waals surface area contributed by atoms with Crippen LogP contribution in [0.15, 0.2) is 28.6 Å². The average Bonchev–Trinajstić information content (AvgIpc) is 2.93. The van der Waals surface area contributed by atoms with E-state index in [4.69, 9.17) is 9.47 Å². The number of nitrogens with zero attached hydrogens (tertiary/aromatic N) is 1. The van der Waals surface area contributed by atoms with Crippen molar-refractivity contribution in [3.8, 4) is 0 Å². The fourth-order valence-electron chi connectivity index (χ4n) is 2.25. The number of nitrogens with one attached hydrogen (secondary N) is 1. The van der Waals surface area contributed by atoms with Gasteiger partial charge in [-0.15, -0.1) is 11.3 Å². The van der Waals surface area contributed by atoms with Crippen LogP contribution in [0.25, 0.3) is 10.2 Å². The third-order valence-corrected chi connectivity index (χ3v) is 5.50. The minimum Gasteiger partial charge on any atom is -0.458 e. The molecule has 8 heteroatoms. The van der Waals surface area contributed by atoms with E-state index in [1.54, 1.807) is 64.6 Å². The number of ether oxygens (including phenoxy) is 2. The molecule has 0 aliphatic rings. The van der Waals surface area contributed by atoms with Gasteiger partial charge in [0, 0.05) is 5.75 Å². The van der Waals surface area contributed by atoms with Crippen LogP contribution in [0.2, 0.25) is 0 Å². The fourth-order valence-corrected chi connectivity index (χ4v) is 4.39. The first-order valence-corrected chi connectivity index (χ1v) is 10.9. The molecule has 1 atom stereocenters. The number of amides is 1. The maximum absolute atomic E-state index is 12.5. The molecule has 0 bridgehead atoms. The van der Waals surface area contributed by atoms with Gasteiger partial charge in [0.05, 0.1) is 10.2 Å². The van der Waals surface area contributed by atoms with Gasteiger partial charge in [0.25, 0.3) is 0 Å². The Labute approximate surface area is 174 Å². The minimum atomic E-state index is -0.782. The van der Waals surface area contributed by atoms with Gasteiger partial charge < -0.3 is 14.8 Å². The predicted octanol–water partition coefficient (Wildman–Crippen LogP) is 5.01. The molecule has 1 aromatic heterocycles. The summed E-state index contributed by atoms with van der Waals surface area (Å²) in [5, 5.41) is 2.64. The number of fused-ring (bicyclic) bond motifs is 1. The Morgan fingerprint density at radius 1 is 1.11 bits per heavy atom. The van der Waals surface area contributed by atoms with Crippen LogP contribution < -0.4 is 5.32 Å². The predicted molar refractivity (Wildman–Crippen MR) is 114 cm³/mol. The third kappa shape index (κ3) is 7.67. The molecule has 1 heterocycles. The molecule has 1 aromatic carbocycles. The molecule has 0 radical (unpaired) electrons. The molecule has 2 rings (SSSR count). The Morgan fingerprint density at radius 2 is 1.75 bits per heavy atom. The Morgan fingerprint density at radius 3 is 2.36 bits per heavy atom. The number of benzene rings is 1. The summed E-state index contributed by atoms with van der Waals surface area (Å²) in [5.41, 5.74) is -0.311. The molecular formula is C20H28N2O4S2. The molecule has 154 valence electrons. The van der Waals surface area contributed by atoms with Crippen molar-refractivity contribution in [1.82, 2.24) is 10.3 Å². The molecule has 1 N–H and O–H groups in total. The van der Waals surface area contributed by atoms with Gasteiger partial charge in [0.2, 0.25) is 0 Å². The van der Waals surface area contributed by atoms with Crippen LogP contribution in [0.4, 0.5) is 4.79 Å². The molecule has 0 aliphatic heterocycles. The number of esters is 1. The molecule has 28 heavy (non-hydrogen) atoms. The normalized spacial score (nSPS) is 13.2. The van der Waals surface area contributed by atoms with Crippen LogP contribution in [-0.4, -0.2) is 40.0 Å². The number of thiazole rings is 1. The van der Waals surface area contributed by atoms with Crippen molar-refractivity contribution in [3.63, 3.8) is 0 Å². The lowest BCUT2D eigenvalue weighted by Crippen LogP contribution is -2.46. The topological polar surface area (TPSA) is 77.5 Å². The van der Waals surface area contributed by atoms with Gasteiger partial charge in [-0.2, -0.15) is 0 Å². The van der Waals surface area contributed by atoms with Crippen molar-refractivity contribution in [3.05, 3.63) is 24.3 Å². The van der Waals surface area contributed by atoms with Crippen LogP contribution in [0.5, 0.6) is 0 Å². The molecule has 0 aliphatic carbocycles. The standard InChI is InChI=1S/C20H28N2O4S2/c1-19(2,3)25-16(23)14(21-17(24)26-20(4,5)6)11-12-27-18-22-13-9-7-8-10-15(13)28-18/h7-10,14H,11-12H2,1-6H3,(H,21,24). The second-order valence-corrected chi connectivity index (χ2v) is 10.7. The van der Waals surface area contributed by atoms with E-state index < -0.39 is 29.3 Å². The fraction of sp³-hybridized carbons (Fsp3) is 0.550. The SMILES string of the molecule is CC(C)(C)OC(=O)NC(CCSc1nc2ccccc2s1)C(=O)OC(C)(C)C. The van der Waals surface area contributed by atoms with Crippen LogP contribution in [-0.2, 0) is 14.3 Å². The van der Waals surface area contributed by atoms with Crippen LogP contribution in [0.3, 0.4) is 0 Å². The van der Waals surface area contributed by atoms with Crippen molar-refractivity contribution in [2.75, 3.05) is 5.75 Å². The Hall–Kier alpha value is -1.80. The molecule has 6 nitrogen and oxygen atoms in total. The zero-order chi connectivity index (χ0) is 20.9. The maximum atomic E-state index is 12.5. The van der Waals surface area contributed by atoms with Crippen LogP contribution in [0, 0.1) is 0 Å². The second-order valence-electron chi connectivity index (χ2n) is 8.32. The molecular weight excluding hydrogens is 396 g/mol. The summed E-state index contributed by atoms with van der Waals surface area (Å²) >= 11 is 3.17. The monoisotopic (exact) mass is 424 g/mol. The first-order chi connectivity index (χ1) is 12.9. The highest BCUT2D eigenvalue weighted by Gasteiger charge is 2.28. The second kappa shape index (κ2) is 9.13. The summed E-state index contributed by atoms with van der Waals surface area (Å²) in [6.07, 6.45) is -0.220. The highest BCUT2D eigenvalue weighted by atomic mass is 32.2. The van der Waals surface area contributed by atoms with Crippen LogP contribution in [0.1, 0.15) is 48.0 Å². The molecule has 0 saturated heterocycles. The van der Waals surface area contributed by atoms with Gasteiger partial charge in [-0.1, -0.05) is 23.9 Å². The van der Waals surface area contributed by atoms with Crippen molar-refractivity contribution >= 4 is 45.4 Å². The third-order valence-electron chi connectivity index (χ3n) is 3.29. The van der Waals surface area contributed by atoms with Crippen molar-refractivity contribution in [1.29, 1.82) is 0 Å². The van der Waals surface area contributed by atoms with Crippen molar-refractivity contribution < 1.29 is 19.1 Å². The van der Waals surface area contributed by atoms with Crippen LogP contribution >= 0.6 is 23.1 Å². The summed E-state index contributed by atoms with van der Waals surface area (Å²) in [7, 11) is 0. The van der Waals surface area contributed by atoms with Gasteiger partial charge >= 0.3 is 12.1 Å². The molecule has 0 fully saturated rings. The zero-order valence-corrected chi connectivity index (χ0v) is 18.8. The molecule has 1 unspecified atom stereocenters. The van der Waals surface area contributed by atoms with Crippen molar-refractivity contribution in [2.45, 2.75) is 69.5 Å². The van der Waals surface area contributed by atoms with E-state index in [1.807, 2.05) is 24.3 Å². The van der Waals surface area contributed by atoms with Crippen molar-refractivity contribution in [2.24, 2.45) is 0 Å². The number of alkyl carbamates (subject to hydrolysis) is 1. The van der Waals surface area contributed by atoms with E-state index in [-0.39, 0.29) is 0 Å². The number of carbonyl (C=O) groups is 2. The summed E-state index contributed by atoms with van der Waals surface area (Å²) in [4.78, 5) is 29.2. The summed E-state index contributed by atoms with van der Waals surface area (Å²) in [5.74, 6) is 0.141. The smallest absolute Gasteiger partial charge is 0.408 e. The highest BCUT2D eigenvalue weighted by molar-refractivity contribution is 8.01. The first-order valence-electron chi connectivity index (χ1n) is 9.14. The van der Waals surface area contributed by atoms with Gasteiger partial charge in [0.1, 0.15) is 17.2 Å². The lowest BCUT2D eigenvalue weighted by Gasteiger charge is -2.26. The Kier molecular flexibility index (Phi) is 7.33. The van der Waals surface area contributed by atoms with E-state index in [9.17, 15) is 9.59 Å². The highest BCUT2D eigenvalue weighted by Crippen LogP contribution is 2.30. The summed E-state index contributed by atoms with van der Waals surface area (Å²) in [6, 6.07) is 7.17. The number of hydrogen-bond donors (Lipinski definition) is 1. The Balaban J connectivity index is 1.99. The quantitative estimate of drug-likeness (QED) is 0.519. The lowest BCUT2D eigenvalue weighted by molar-refractivity contribution is -0.157. The molecule has 0 spiro atoms. The van der Waals surface area contributed by atoms with Gasteiger partial charge in [-0.25, -0.2) is 14.6 Å². The Bertz CT molecular complexity index is 788. The number of rotatable bonds is 6.